The van der Waals surface area contributed by atoms with Crippen LogP contribution in [0.15, 0.2) is 24.3 Å². The van der Waals surface area contributed by atoms with Gasteiger partial charge in [-0.25, -0.2) is 9.18 Å². The standard InChI is InChI=1S/C21H30FNO3/c1-16(17-6-3-2-4-7-17)23-14-13-21(12-5-15-24,26-20(23)25)18-8-10-19(22)11-9-18/h8-11,16-17,24H,2-7,12-15H2,1H3. The molecule has 1 amide bonds. The van der Waals surface area contributed by atoms with Crippen LogP contribution in [-0.2, 0) is 10.3 Å². The molecule has 144 valence electrons. The van der Waals surface area contributed by atoms with Crippen molar-refractivity contribution in [2.24, 2.45) is 5.92 Å². The summed E-state index contributed by atoms with van der Waals surface area (Å²) >= 11 is 0. The lowest BCUT2D eigenvalue weighted by atomic mass is 9.82. The van der Waals surface area contributed by atoms with Crippen LogP contribution in [-0.4, -0.2) is 35.3 Å². The molecule has 0 spiro atoms. The zero-order valence-electron chi connectivity index (χ0n) is 15.6. The molecule has 1 heterocycles. The van der Waals surface area contributed by atoms with Crippen LogP contribution in [0.2, 0.25) is 0 Å². The normalized spacial score (nSPS) is 25.8. The van der Waals surface area contributed by atoms with Crippen LogP contribution >= 0.6 is 0 Å². The molecule has 3 rings (SSSR count). The summed E-state index contributed by atoms with van der Waals surface area (Å²) in [5.41, 5.74) is 0.0432. The first-order chi connectivity index (χ1) is 12.6. The molecule has 2 aliphatic rings. The van der Waals surface area contributed by atoms with E-state index in [2.05, 4.69) is 6.92 Å². The van der Waals surface area contributed by atoms with E-state index in [1.54, 1.807) is 12.1 Å². The van der Waals surface area contributed by atoms with E-state index in [4.69, 9.17) is 4.74 Å². The van der Waals surface area contributed by atoms with E-state index in [0.717, 1.165) is 5.56 Å². The number of carbonyl (C=O) groups excluding carboxylic acids is 1. The third kappa shape index (κ3) is 4.03. The number of aliphatic hydroxyl groups excluding tert-OH is 1. The number of benzene rings is 1. The highest BCUT2D eigenvalue weighted by atomic mass is 19.1. The Hall–Kier alpha value is -1.62. The summed E-state index contributed by atoms with van der Waals surface area (Å²) in [6, 6.07) is 6.38. The summed E-state index contributed by atoms with van der Waals surface area (Å²) in [6.45, 7) is 2.82. The molecule has 0 bridgehead atoms. The number of carbonyl (C=O) groups is 1. The average molecular weight is 363 g/mol. The molecule has 1 aliphatic carbocycles. The van der Waals surface area contributed by atoms with E-state index in [9.17, 15) is 14.3 Å². The lowest BCUT2D eigenvalue weighted by Crippen LogP contribution is -2.53. The monoisotopic (exact) mass is 363 g/mol. The van der Waals surface area contributed by atoms with Crippen molar-refractivity contribution in [2.75, 3.05) is 13.2 Å². The van der Waals surface area contributed by atoms with Crippen molar-refractivity contribution in [1.82, 2.24) is 4.90 Å². The van der Waals surface area contributed by atoms with E-state index >= 15 is 0 Å². The third-order valence-electron chi connectivity index (χ3n) is 6.21. The number of halogens is 1. The number of hydrogen-bond acceptors (Lipinski definition) is 3. The molecule has 2 unspecified atom stereocenters. The van der Waals surface area contributed by atoms with Gasteiger partial charge in [0.1, 0.15) is 11.4 Å². The minimum atomic E-state index is -0.768. The number of ether oxygens (including phenoxy) is 1. The first kappa shape index (κ1) is 19.2. The van der Waals surface area contributed by atoms with E-state index in [1.807, 2.05) is 4.90 Å². The van der Waals surface area contributed by atoms with Gasteiger partial charge in [-0.1, -0.05) is 31.4 Å². The second-order valence-electron chi connectivity index (χ2n) is 7.78. The minimum Gasteiger partial charge on any atom is -0.438 e. The first-order valence-electron chi connectivity index (χ1n) is 9.92. The van der Waals surface area contributed by atoms with Gasteiger partial charge < -0.3 is 14.7 Å². The maximum Gasteiger partial charge on any atom is 0.410 e. The van der Waals surface area contributed by atoms with Gasteiger partial charge in [0.25, 0.3) is 0 Å². The Bertz CT molecular complexity index is 600. The van der Waals surface area contributed by atoms with Gasteiger partial charge in [-0.05, 0) is 56.2 Å². The van der Waals surface area contributed by atoms with Gasteiger partial charge >= 0.3 is 6.09 Å². The zero-order chi connectivity index (χ0) is 18.6. The Morgan fingerprint density at radius 2 is 1.96 bits per heavy atom. The topological polar surface area (TPSA) is 49.8 Å². The van der Waals surface area contributed by atoms with Crippen molar-refractivity contribution in [3.8, 4) is 0 Å². The van der Waals surface area contributed by atoms with Crippen LogP contribution in [0.5, 0.6) is 0 Å². The molecular formula is C21H30FNO3. The zero-order valence-corrected chi connectivity index (χ0v) is 15.6. The molecule has 26 heavy (non-hydrogen) atoms. The summed E-state index contributed by atoms with van der Waals surface area (Å²) in [4.78, 5) is 14.7. The van der Waals surface area contributed by atoms with Gasteiger partial charge in [0.15, 0.2) is 0 Å². The van der Waals surface area contributed by atoms with E-state index in [0.29, 0.717) is 31.7 Å². The van der Waals surface area contributed by atoms with Crippen LogP contribution in [0.1, 0.15) is 63.9 Å². The summed E-state index contributed by atoms with van der Waals surface area (Å²) in [5, 5.41) is 9.27. The van der Waals surface area contributed by atoms with E-state index < -0.39 is 5.60 Å². The predicted octanol–water partition coefficient (Wildman–Crippen LogP) is 4.60. The maximum atomic E-state index is 13.3. The molecule has 1 saturated heterocycles. The van der Waals surface area contributed by atoms with Crippen molar-refractivity contribution in [3.05, 3.63) is 35.6 Å². The molecule has 1 aromatic rings. The molecule has 1 aliphatic heterocycles. The van der Waals surface area contributed by atoms with E-state index in [-0.39, 0.29) is 24.6 Å². The minimum absolute atomic E-state index is 0.0443. The quantitative estimate of drug-likeness (QED) is 0.803. The Balaban J connectivity index is 1.75. The fraction of sp³-hybridized carbons (Fsp3) is 0.667. The molecular weight excluding hydrogens is 333 g/mol. The van der Waals surface area contributed by atoms with E-state index in [1.165, 1.54) is 44.2 Å². The Labute approximate surface area is 155 Å². The van der Waals surface area contributed by atoms with Crippen LogP contribution in [0, 0.1) is 11.7 Å². The van der Waals surface area contributed by atoms with Crippen LogP contribution < -0.4 is 0 Å². The number of hydrogen-bond donors (Lipinski definition) is 1. The highest BCUT2D eigenvalue weighted by molar-refractivity contribution is 5.70. The van der Waals surface area contributed by atoms with Crippen LogP contribution in [0.25, 0.3) is 0 Å². The third-order valence-corrected chi connectivity index (χ3v) is 6.21. The summed E-state index contributed by atoms with van der Waals surface area (Å²) in [6.07, 6.45) is 7.62. The molecule has 0 aromatic heterocycles. The number of aliphatic hydroxyl groups is 1. The summed E-state index contributed by atoms with van der Waals surface area (Å²) < 4.78 is 19.3. The van der Waals surface area contributed by atoms with Crippen molar-refractivity contribution in [1.29, 1.82) is 0 Å². The molecule has 5 heteroatoms. The molecule has 1 saturated carbocycles. The van der Waals surface area contributed by atoms with Crippen molar-refractivity contribution < 1.29 is 19.0 Å². The smallest absolute Gasteiger partial charge is 0.410 e. The SMILES string of the molecule is CC(C1CCCCC1)N1CCC(CCCO)(c2ccc(F)cc2)OC1=O. The first-order valence-corrected chi connectivity index (χ1v) is 9.92. The lowest BCUT2D eigenvalue weighted by Gasteiger charge is -2.45. The lowest BCUT2D eigenvalue weighted by molar-refractivity contribution is -0.0731. The Morgan fingerprint density at radius 3 is 2.58 bits per heavy atom. The molecule has 2 fully saturated rings. The molecule has 4 nitrogen and oxygen atoms in total. The van der Waals surface area contributed by atoms with Gasteiger partial charge in [-0.2, -0.15) is 0 Å². The largest absolute Gasteiger partial charge is 0.438 e. The number of nitrogens with zero attached hydrogens (tertiary/aromatic N) is 1. The van der Waals surface area contributed by atoms with Crippen molar-refractivity contribution in [3.63, 3.8) is 0 Å². The van der Waals surface area contributed by atoms with Gasteiger partial charge in [0.05, 0.1) is 0 Å². The summed E-state index contributed by atoms with van der Waals surface area (Å²) in [5.74, 6) is 0.243. The fourth-order valence-electron chi connectivity index (χ4n) is 4.55. The van der Waals surface area contributed by atoms with Gasteiger partial charge in [0, 0.05) is 25.6 Å². The molecule has 2 atom stereocenters. The second kappa shape index (κ2) is 8.38. The second-order valence-corrected chi connectivity index (χ2v) is 7.78. The average Bonchev–Trinajstić information content (AvgIpc) is 2.67. The number of cyclic esters (lactones) is 1. The molecule has 1 aromatic carbocycles. The Kier molecular flexibility index (Phi) is 6.17. The number of amides is 1. The predicted molar refractivity (Wildman–Crippen MR) is 98.2 cm³/mol. The summed E-state index contributed by atoms with van der Waals surface area (Å²) in [7, 11) is 0. The highest BCUT2D eigenvalue weighted by Crippen LogP contribution is 2.40. The molecule has 1 N–H and O–H groups in total. The van der Waals surface area contributed by atoms with Crippen LogP contribution in [0.4, 0.5) is 9.18 Å². The Morgan fingerprint density at radius 1 is 1.27 bits per heavy atom. The highest BCUT2D eigenvalue weighted by Gasteiger charge is 2.44. The van der Waals surface area contributed by atoms with Crippen molar-refractivity contribution in [2.45, 2.75) is 69.9 Å². The van der Waals surface area contributed by atoms with Crippen LogP contribution in [0.3, 0.4) is 0 Å². The van der Waals surface area contributed by atoms with Gasteiger partial charge in [-0.15, -0.1) is 0 Å². The van der Waals surface area contributed by atoms with Gasteiger partial charge in [0.2, 0.25) is 0 Å². The molecule has 0 radical (unpaired) electrons. The maximum absolute atomic E-state index is 13.3. The fourth-order valence-corrected chi connectivity index (χ4v) is 4.55. The van der Waals surface area contributed by atoms with Gasteiger partial charge in [-0.3, -0.25) is 0 Å². The van der Waals surface area contributed by atoms with Crippen molar-refractivity contribution >= 4 is 6.09 Å². The number of rotatable bonds is 6.